The molecule has 0 aliphatic heterocycles. The van der Waals surface area contributed by atoms with E-state index in [-0.39, 0.29) is 18.1 Å². The minimum Gasteiger partial charge on any atom is -0.497 e. The minimum atomic E-state index is -0.352. The average Bonchev–Trinajstić information content (AvgIpc) is 2.67. The normalized spacial score (nSPS) is 10.4. The molecule has 3 rings (SSSR count). The van der Waals surface area contributed by atoms with Gasteiger partial charge in [0.25, 0.3) is 11.5 Å². The van der Waals surface area contributed by atoms with Crippen molar-refractivity contribution in [2.45, 2.75) is 0 Å². The number of rotatable bonds is 6. The molecule has 2 aromatic carbocycles. The van der Waals surface area contributed by atoms with Gasteiger partial charge in [-0.3, -0.25) is 9.59 Å². The zero-order chi connectivity index (χ0) is 18.5. The van der Waals surface area contributed by atoms with E-state index in [9.17, 15) is 9.59 Å². The minimum absolute atomic E-state index is 0.207. The van der Waals surface area contributed by atoms with Crippen LogP contribution < -0.4 is 25.1 Å². The lowest BCUT2D eigenvalue weighted by Crippen LogP contribution is -2.20. The molecule has 0 aliphatic rings. The number of carbonyl (C=O) groups excluding carboxylic acids is 1. The van der Waals surface area contributed by atoms with E-state index in [1.54, 1.807) is 55.8 Å². The van der Waals surface area contributed by atoms with E-state index in [4.69, 9.17) is 14.2 Å². The number of H-pyrrole nitrogens is 1. The number of ether oxygens (including phenoxy) is 3. The van der Waals surface area contributed by atoms with Gasteiger partial charge in [0.15, 0.2) is 6.61 Å². The van der Waals surface area contributed by atoms with Gasteiger partial charge in [-0.2, -0.15) is 0 Å². The molecular formula is C19H18N2O5. The van der Waals surface area contributed by atoms with Crippen LogP contribution in [0.5, 0.6) is 17.2 Å². The highest BCUT2D eigenvalue weighted by atomic mass is 16.5. The lowest BCUT2D eigenvalue weighted by atomic mass is 10.1. The van der Waals surface area contributed by atoms with Crippen molar-refractivity contribution in [1.29, 1.82) is 0 Å². The molecule has 0 radical (unpaired) electrons. The predicted octanol–water partition coefficient (Wildman–Crippen LogP) is 2.56. The van der Waals surface area contributed by atoms with Crippen LogP contribution in [0.1, 0.15) is 0 Å². The maximum atomic E-state index is 12.2. The summed E-state index contributed by atoms with van der Waals surface area (Å²) in [5.74, 6) is 1.22. The van der Waals surface area contributed by atoms with Crippen LogP contribution in [0.25, 0.3) is 10.8 Å². The molecule has 0 atom stereocenters. The first-order valence-electron chi connectivity index (χ1n) is 7.87. The Morgan fingerprint density at radius 2 is 1.88 bits per heavy atom. The summed E-state index contributed by atoms with van der Waals surface area (Å²) in [6.45, 7) is -0.207. The van der Waals surface area contributed by atoms with E-state index in [0.717, 1.165) is 0 Å². The number of pyridine rings is 1. The third-order valence-corrected chi connectivity index (χ3v) is 3.82. The number of amides is 1. The number of nitrogens with one attached hydrogen (secondary N) is 2. The lowest BCUT2D eigenvalue weighted by Gasteiger charge is -2.12. The molecule has 0 aliphatic carbocycles. The van der Waals surface area contributed by atoms with Gasteiger partial charge in [-0.25, -0.2) is 0 Å². The Bertz CT molecular complexity index is 997. The van der Waals surface area contributed by atoms with Gasteiger partial charge in [-0.15, -0.1) is 0 Å². The molecule has 0 bridgehead atoms. The zero-order valence-corrected chi connectivity index (χ0v) is 14.4. The summed E-state index contributed by atoms with van der Waals surface area (Å²) in [6, 6.07) is 11.9. The van der Waals surface area contributed by atoms with Crippen LogP contribution in [0, 0.1) is 0 Å². The summed E-state index contributed by atoms with van der Waals surface area (Å²) in [5, 5.41) is 3.88. The van der Waals surface area contributed by atoms with Crippen LogP contribution in [0.2, 0.25) is 0 Å². The molecule has 1 amide bonds. The van der Waals surface area contributed by atoms with Crippen molar-refractivity contribution in [2.75, 3.05) is 26.1 Å². The third-order valence-electron chi connectivity index (χ3n) is 3.82. The fourth-order valence-electron chi connectivity index (χ4n) is 2.55. The number of carbonyl (C=O) groups is 1. The summed E-state index contributed by atoms with van der Waals surface area (Å²) < 4.78 is 16.0. The summed E-state index contributed by atoms with van der Waals surface area (Å²) in [4.78, 5) is 26.6. The highest BCUT2D eigenvalue weighted by Gasteiger charge is 2.11. The molecule has 0 fully saturated rings. The van der Waals surface area contributed by atoms with Gasteiger partial charge in [0.1, 0.15) is 17.2 Å². The number of aromatic amines is 1. The monoisotopic (exact) mass is 354 g/mol. The first-order valence-corrected chi connectivity index (χ1v) is 7.87. The molecule has 1 heterocycles. The molecular weight excluding hydrogens is 336 g/mol. The third kappa shape index (κ3) is 3.61. The van der Waals surface area contributed by atoms with Crippen molar-refractivity contribution in [3.8, 4) is 17.2 Å². The Kier molecular flexibility index (Phi) is 5.07. The number of benzene rings is 2. The molecule has 7 heteroatoms. The van der Waals surface area contributed by atoms with E-state index in [1.807, 2.05) is 0 Å². The molecule has 0 unspecified atom stereocenters. The first kappa shape index (κ1) is 17.3. The second-order valence-electron chi connectivity index (χ2n) is 5.43. The molecule has 0 spiro atoms. The van der Waals surface area contributed by atoms with Gasteiger partial charge < -0.3 is 24.5 Å². The molecule has 0 saturated heterocycles. The van der Waals surface area contributed by atoms with E-state index in [0.29, 0.717) is 33.7 Å². The molecule has 2 N–H and O–H groups in total. The number of hydrogen-bond acceptors (Lipinski definition) is 5. The first-order chi connectivity index (χ1) is 12.6. The van der Waals surface area contributed by atoms with Crippen LogP contribution in [-0.4, -0.2) is 31.7 Å². The van der Waals surface area contributed by atoms with Crippen LogP contribution in [0.4, 0.5) is 5.69 Å². The Balaban J connectivity index is 1.72. The highest BCUT2D eigenvalue weighted by molar-refractivity contribution is 5.94. The Labute approximate surface area is 149 Å². The lowest BCUT2D eigenvalue weighted by molar-refractivity contribution is -0.118. The topological polar surface area (TPSA) is 89.6 Å². The molecule has 1 aromatic heterocycles. The van der Waals surface area contributed by atoms with Crippen molar-refractivity contribution in [2.24, 2.45) is 0 Å². The van der Waals surface area contributed by atoms with E-state index in [2.05, 4.69) is 10.3 Å². The fraction of sp³-hybridized carbons (Fsp3) is 0.158. The molecule has 7 nitrogen and oxygen atoms in total. The second-order valence-corrected chi connectivity index (χ2v) is 5.43. The smallest absolute Gasteiger partial charge is 0.262 e. The van der Waals surface area contributed by atoms with Gasteiger partial charge in [-0.05, 0) is 30.3 Å². The summed E-state index contributed by atoms with van der Waals surface area (Å²) in [6.07, 6.45) is 1.54. The molecule has 3 aromatic rings. The fourth-order valence-corrected chi connectivity index (χ4v) is 2.55. The number of methoxy groups -OCH3 is 2. The van der Waals surface area contributed by atoms with Crippen LogP contribution in [0.3, 0.4) is 0 Å². The van der Waals surface area contributed by atoms with Gasteiger partial charge in [0, 0.05) is 17.6 Å². The number of hydrogen-bond donors (Lipinski definition) is 2. The van der Waals surface area contributed by atoms with Crippen LogP contribution >= 0.6 is 0 Å². The molecule has 134 valence electrons. The second kappa shape index (κ2) is 7.60. The van der Waals surface area contributed by atoms with Crippen LogP contribution in [0.15, 0.2) is 53.5 Å². The van der Waals surface area contributed by atoms with Gasteiger partial charge >= 0.3 is 0 Å². The Morgan fingerprint density at radius 1 is 1.04 bits per heavy atom. The largest absolute Gasteiger partial charge is 0.497 e. The number of anilines is 1. The predicted molar refractivity (Wildman–Crippen MR) is 98.2 cm³/mol. The van der Waals surface area contributed by atoms with Gasteiger partial charge in [0.2, 0.25) is 0 Å². The van der Waals surface area contributed by atoms with Gasteiger partial charge in [0.05, 0.1) is 25.3 Å². The Hall–Kier alpha value is -3.48. The highest BCUT2D eigenvalue weighted by Crippen LogP contribution is 2.29. The van der Waals surface area contributed by atoms with E-state index < -0.39 is 0 Å². The maximum Gasteiger partial charge on any atom is 0.262 e. The zero-order valence-electron chi connectivity index (χ0n) is 14.4. The SMILES string of the molecule is COc1ccc(NC(=O)COc2cccc3c(=O)[nH]ccc23)c(OC)c1. The Morgan fingerprint density at radius 3 is 2.65 bits per heavy atom. The standard InChI is InChI=1S/C19H18N2O5/c1-24-12-6-7-15(17(10-12)25-2)21-18(22)11-26-16-5-3-4-14-13(16)8-9-20-19(14)23/h3-10H,11H2,1-2H3,(H,20,23)(H,21,22). The summed E-state index contributed by atoms with van der Waals surface area (Å²) in [5.41, 5.74) is 0.302. The maximum absolute atomic E-state index is 12.2. The number of aromatic nitrogens is 1. The average molecular weight is 354 g/mol. The molecule has 26 heavy (non-hydrogen) atoms. The van der Waals surface area contributed by atoms with Gasteiger partial charge in [-0.1, -0.05) is 6.07 Å². The summed E-state index contributed by atoms with van der Waals surface area (Å²) in [7, 11) is 3.06. The number of fused-ring (bicyclic) bond motifs is 1. The van der Waals surface area contributed by atoms with Crippen LogP contribution in [-0.2, 0) is 4.79 Å². The van der Waals surface area contributed by atoms with Crippen molar-refractivity contribution in [1.82, 2.24) is 4.98 Å². The van der Waals surface area contributed by atoms with Crippen molar-refractivity contribution in [3.63, 3.8) is 0 Å². The van der Waals surface area contributed by atoms with E-state index in [1.165, 1.54) is 7.11 Å². The van der Waals surface area contributed by atoms with Crippen molar-refractivity contribution >= 4 is 22.4 Å². The van der Waals surface area contributed by atoms with E-state index >= 15 is 0 Å². The molecule has 0 saturated carbocycles. The van der Waals surface area contributed by atoms with Crippen molar-refractivity contribution in [3.05, 3.63) is 59.0 Å². The van der Waals surface area contributed by atoms with Crippen molar-refractivity contribution < 1.29 is 19.0 Å². The quantitative estimate of drug-likeness (QED) is 0.710. The summed E-state index contributed by atoms with van der Waals surface area (Å²) >= 11 is 0.